The van der Waals surface area contributed by atoms with E-state index in [4.69, 9.17) is 0 Å². The standard InChI is InChI=1S/C18H22N4O4/c1-4-18(3)16(25)21(17(26)20-18)10-15(24)22-11(2)9-14(23)19-12-7-5-6-8-13(12)22/h5-8,11H,4,9-10H2,1-3H3,(H,19,23)(H,20,26)/t11-,18+/m0/s1. The Balaban J connectivity index is 1.89. The fourth-order valence-corrected chi connectivity index (χ4v) is 3.31. The molecule has 5 amide bonds. The van der Waals surface area contributed by atoms with Crippen LogP contribution in [0.4, 0.5) is 16.2 Å². The molecule has 8 heteroatoms. The Labute approximate surface area is 151 Å². The molecule has 0 bridgehead atoms. The lowest BCUT2D eigenvalue weighted by Crippen LogP contribution is -2.48. The van der Waals surface area contributed by atoms with Crippen LogP contribution < -0.4 is 15.5 Å². The first-order valence-electron chi connectivity index (χ1n) is 8.62. The highest BCUT2D eigenvalue weighted by atomic mass is 16.2. The Morgan fingerprint density at radius 2 is 1.96 bits per heavy atom. The molecule has 2 aliphatic rings. The molecule has 1 aromatic rings. The van der Waals surface area contributed by atoms with Gasteiger partial charge in [-0.05, 0) is 32.4 Å². The summed E-state index contributed by atoms with van der Waals surface area (Å²) in [5.41, 5.74) is 0.101. The lowest BCUT2D eigenvalue weighted by Gasteiger charge is -2.29. The maximum Gasteiger partial charge on any atom is 0.325 e. The van der Waals surface area contributed by atoms with Gasteiger partial charge in [0.15, 0.2) is 0 Å². The first-order chi connectivity index (χ1) is 12.3. The monoisotopic (exact) mass is 358 g/mol. The van der Waals surface area contributed by atoms with E-state index in [0.717, 1.165) is 4.90 Å². The van der Waals surface area contributed by atoms with Crippen LogP contribution in [-0.4, -0.2) is 46.8 Å². The summed E-state index contributed by atoms with van der Waals surface area (Å²) in [6, 6.07) is 6.01. The number of amides is 5. The van der Waals surface area contributed by atoms with Gasteiger partial charge in [-0.2, -0.15) is 0 Å². The number of hydrogen-bond donors (Lipinski definition) is 2. The van der Waals surface area contributed by atoms with Crippen molar-refractivity contribution in [3.63, 3.8) is 0 Å². The molecule has 26 heavy (non-hydrogen) atoms. The Morgan fingerprint density at radius 3 is 2.62 bits per heavy atom. The largest absolute Gasteiger partial charge is 0.325 e. The van der Waals surface area contributed by atoms with E-state index in [1.807, 2.05) is 0 Å². The molecular weight excluding hydrogens is 336 g/mol. The van der Waals surface area contributed by atoms with E-state index in [0.29, 0.717) is 17.8 Å². The Bertz CT molecular complexity index is 793. The third-order valence-corrected chi connectivity index (χ3v) is 4.97. The molecule has 0 spiro atoms. The highest BCUT2D eigenvalue weighted by molar-refractivity contribution is 6.11. The van der Waals surface area contributed by atoms with E-state index in [9.17, 15) is 19.2 Å². The summed E-state index contributed by atoms with van der Waals surface area (Å²) in [5.74, 6) is -1.01. The van der Waals surface area contributed by atoms with Crippen molar-refractivity contribution in [3.05, 3.63) is 24.3 Å². The number of imide groups is 1. The van der Waals surface area contributed by atoms with Gasteiger partial charge in [-0.3, -0.25) is 19.3 Å². The third-order valence-electron chi connectivity index (χ3n) is 4.97. The number of fused-ring (bicyclic) bond motifs is 1. The molecule has 0 saturated carbocycles. The predicted octanol–water partition coefficient (Wildman–Crippen LogP) is 1.47. The zero-order valence-electron chi connectivity index (χ0n) is 15.0. The van der Waals surface area contributed by atoms with Crippen LogP contribution in [0.25, 0.3) is 0 Å². The van der Waals surface area contributed by atoms with Crippen molar-refractivity contribution in [1.82, 2.24) is 10.2 Å². The number of urea groups is 1. The highest BCUT2D eigenvalue weighted by Gasteiger charge is 2.47. The average molecular weight is 358 g/mol. The van der Waals surface area contributed by atoms with Crippen LogP contribution in [-0.2, 0) is 14.4 Å². The average Bonchev–Trinajstić information content (AvgIpc) is 2.73. The number of carbonyl (C=O) groups is 4. The number of nitrogens with one attached hydrogen (secondary N) is 2. The molecule has 8 nitrogen and oxygen atoms in total. The van der Waals surface area contributed by atoms with Crippen molar-refractivity contribution in [2.75, 3.05) is 16.8 Å². The van der Waals surface area contributed by atoms with E-state index < -0.39 is 29.4 Å². The number of anilines is 2. The Morgan fingerprint density at radius 1 is 1.27 bits per heavy atom. The maximum absolute atomic E-state index is 13.0. The third kappa shape index (κ3) is 2.91. The van der Waals surface area contributed by atoms with Crippen LogP contribution in [0.1, 0.15) is 33.6 Å². The van der Waals surface area contributed by atoms with Gasteiger partial charge in [-0.25, -0.2) is 4.79 Å². The van der Waals surface area contributed by atoms with Gasteiger partial charge < -0.3 is 15.5 Å². The summed E-state index contributed by atoms with van der Waals surface area (Å²) in [5, 5.41) is 5.42. The second-order valence-corrected chi connectivity index (χ2v) is 6.89. The lowest BCUT2D eigenvalue weighted by molar-refractivity contribution is -0.134. The van der Waals surface area contributed by atoms with E-state index >= 15 is 0 Å². The normalized spacial score (nSPS) is 25.5. The molecule has 1 fully saturated rings. The van der Waals surface area contributed by atoms with Gasteiger partial charge in [0.25, 0.3) is 5.91 Å². The highest BCUT2D eigenvalue weighted by Crippen LogP contribution is 2.31. The van der Waals surface area contributed by atoms with Crippen molar-refractivity contribution in [3.8, 4) is 0 Å². The summed E-state index contributed by atoms with van der Waals surface area (Å²) in [6.07, 6.45) is 0.566. The minimum absolute atomic E-state index is 0.132. The minimum atomic E-state index is -0.989. The fraction of sp³-hybridized carbons (Fsp3) is 0.444. The molecule has 2 heterocycles. The van der Waals surface area contributed by atoms with E-state index in [-0.39, 0.29) is 18.9 Å². The Kier molecular flexibility index (Phi) is 4.43. The van der Waals surface area contributed by atoms with Crippen molar-refractivity contribution in [2.45, 2.75) is 45.2 Å². The molecule has 1 aromatic carbocycles. The number of benzene rings is 1. The number of para-hydroxylation sites is 2. The van der Waals surface area contributed by atoms with Crippen molar-refractivity contribution in [2.24, 2.45) is 0 Å². The maximum atomic E-state index is 13.0. The van der Waals surface area contributed by atoms with Crippen LogP contribution >= 0.6 is 0 Å². The van der Waals surface area contributed by atoms with Gasteiger partial charge in [0.05, 0.1) is 11.4 Å². The van der Waals surface area contributed by atoms with Gasteiger partial charge >= 0.3 is 6.03 Å². The molecule has 0 aromatic heterocycles. The summed E-state index contributed by atoms with van der Waals surface area (Å²) >= 11 is 0. The van der Waals surface area contributed by atoms with Gasteiger partial charge in [0.2, 0.25) is 11.8 Å². The van der Waals surface area contributed by atoms with Gasteiger partial charge in [-0.15, -0.1) is 0 Å². The number of rotatable bonds is 3. The quantitative estimate of drug-likeness (QED) is 0.799. The molecule has 2 N–H and O–H groups in total. The molecular formula is C18H22N4O4. The molecule has 138 valence electrons. The molecule has 0 aliphatic carbocycles. The van der Waals surface area contributed by atoms with Gasteiger partial charge in [0, 0.05) is 12.5 Å². The molecule has 1 saturated heterocycles. The number of nitrogens with zero attached hydrogens (tertiary/aromatic N) is 2. The smallest absolute Gasteiger partial charge is 0.324 e. The van der Waals surface area contributed by atoms with Crippen LogP contribution in [0.5, 0.6) is 0 Å². The summed E-state index contributed by atoms with van der Waals surface area (Å²) in [6.45, 7) is 4.84. The predicted molar refractivity (Wildman–Crippen MR) is 95.6 cm³/mol. The molecule has 2 atom stereocenters. The van der Waals surface area contributed by atoms with Gasteiger partial charge in [-0.1, -0.05) is 19.1 Å². The fourth-order valence-electron chi connectivity index (χ4n) is 3.31. The SMILES string of the molecule is CC[C@@]1(C)NC(=O)N(CC(=O)N2c3ccccc3NC(=O)C[C@@H]2C)C1=O. The van der Waals surface area contributed by atoms with Crippen LogP contribution in [0, 0.1) is 0 Å². The number of hydrogen-bond acceptors (Lipinski definition) is 4. The van der Waals surface area contributed by atoms with E-state index in [1.165, 1.54) is 4.90 Å². The summed E-state index contributed by atoms with van der Waals surface area (Å²) < 4.78 is 0. The molecule has 2 aliphatic heterocycles. The molecule has 0 unspecified atom stereocenters. The minimum Gasteiger partial charge on any atom is -0.324 e. The first kappa shape index (κ1) is 17.9. The van der Waals surface area contributed by atoms with Crippen molar-refractivity contribution in [1.29, 1.82) is 0 Å². The lowest BCUT2D eigenvalue weighted by atomic mass is 9.99. The number of carbonyl (C=O) groups excluding carboxylic acids is 4. The van der Waals surface area contributed by atoms with Crippen LogP contribution in [0.3, 0.4) is 0 Å². The van der Waals surface area contributed by atoms with Gasteiger partial charge in [0.1, 0.15) is 12.1 Å². The van der Waals surface area contributed by atoms with Crippen molar-refractivity contribution >= 4 is 35.1 Å². The Hall–Kier alpha value is -2.90. The zero-order valence-corrected chi connectivity index (χ0v) is 15.0. The zero-order chi connectivity index (χ0) is 19.1. The van der Waals surface area contributed by atoms with Crippen molar-refractivity contribution < 1.29 is 19.2 Å². The topological polar surface area (TPSA) is 98.8 Å². The van der Waals surface area contributed by atoms with E-state index in [1.54, 1.807) is 45.0 Å². The molecule has 0 radical (unpaired) electrons. The van der Waals surface area contributed by atoms with E-state index in [2.05, 4.69) is 10.6 Å². The van der Waals surface area contributed by atoms with Crippen LogP contribution in [0.15, 0.2) is 24.3 Å². The second-order valence-electron chi connectivity index (χ2n) is 6.89. The van der Waals surface area contributed by atoms with Crippen LogP contribution in [0.2, 0.25) is 0 Å². The first-order valence-corrected chi connectivity index (χ1v) is 8.62. The molecule has 3 rings (SSSR count). The second kappa shape index (κ2) is 6.44. The summed E-state index contributed by atoms with van der Waals surface area (Å²) in [4.78, 5) is 52.2. The summed E-state index contributed by atoms with van der Waals surface area (Å²) in [7, 11) is 0.